The van der Waals surface area contributed by atoms with Gasteiger partial charge in [0.1, 0.15) is 0 Å². The van der Waals surface area contributed by atoms with Gasteiger partial charge in [-0.25, -0.2) is 0 Å². The molecule has 2 aromatic carbocycles. The molecule has 0 spiro atoms. The normalized spacial score (nSPS) is 10.4. The molecule has 0 saturated carbocycles. The average Bonchev–Trinajstić information content (AvgIpc) is 2.30. The first-order valence-electron chi connectivity index (χ1n) is 4.44. The van der Waals surface area contributed by atoms with Crippen molar-refractivity contribution >= 4 is 41.7 Å². The fourth-order valence-corrected chi connectivity index (χ4v) is 8.91. The second kappa shape index (κ2) is 5.18. The van der Waals surface area contributed by atoms with Crippen molar-refractivity contribution in [3.05, 3.63) is 60.7 Å². The molecule has 2 heteroatoms. The molecule has 0 atom stereocenters. The zero-order valence-corrected chi connectivity index (χ0v) is 12.3. The van der Waals surface area contributed by atoms with Gasteiger partial charge in [0.05, 0.1) is 0 Å². The Morgan fingerprint density at radius 2 is 1.00 bits per heavy atom. The minimum absolute atomic E-state index is 1.40. The molecule has 0 amide bonds. The zero-order chi connectivity index (χ0) is 9.80. The first-order valence-corrected chi connectivity index (χ1v) is 14.4. The Morgan fingerprint density at radius 3 is 1.36 bits per heavy atom. The summed E-state index contributed by atoms with van der Waals surface area (Å²) in [5.74, 6) is 0. The minimum atomic E-state index is -1.40. The molecular formula is C12H10ISb. The van der Waals surface area contributed by atoms with Gasteiger partial charge in [0.2, 0.25) is 0 Å². The average molecular weight is 403 g/mol. The van der Waals surface area contributed by atoms with Gasteiger partial charge in [0.25, 0.3) is 0 Å². The number of hydrogen-bond donors (Lipinski definition) is 0. The molecule has 0 radical (unpaired) electrons. The van der Waals surface area contributed by atoms with E-state index in [1.807, 2.05) is 0 Å². The Hall–Kier alpha value is -0.0118. The Balaban J connectivity index is 2.30. The SMILES string of the molecule is [I][Sb]([c]1ccccc1)[c]1ccccc1. The molecule has 70 valence electrons. The molecule has 0 saturated heterocycles. The summed E-state index contributed by atoms with van der Waals surface area (Å²) in [6, 6.07) is 21.7. The summed E-state index contributed by atoms with van der Waals surface area (Å²) in [6.07, 6.45) is 0. The van der Waals surface area contributed by atoms with E-state index in [0.29, 0.717) is 0 Å². The molecule has 0 aliphatic carbocycles. The molecule has 0 aromatic heterocycles. The van der Waals surface area contributed by atoms with Crippen LogP contribution in [0, 0.1) is 0 Å². The Labute approximate surface area is 101 Å². The summed E-state index contributed by atoms with van der Waals surface area (Å²) in [6.45, 7) is 0. The predicted octanol–water partition coefficient (Wildman–Crippen LogP) is 2.23. The number of hydrogen-bond acceptors (Lipinski definition) is 0. The molecule has 0 N–H and O–H groups in total. The summed E-state index contributed by atoms with van der Waals surface area (Å²) in [5, 5.41) is 0. The molecule has 0 aliphatic rings. The number of halogens is 1. The van der Waals surface area contributed by atoms with E-state index >= 15 is 0 Å². The van der Waals surface area contributed by atoms with Crippen LogP contribution in [0.5, 0.6) is 0 Å². The molecule has 0 bridgehead atoms. The van der Waals surface area contributed by atoms with Crippen molar-refractivity contribution in [2.24, 2.45) is 0 Å². The van der Waals surface area contributed by atoms with Gasteiger partial charge in [-0.3, -0.25) is 0 Å². The fourth-order valence-electron chi connectivity index (χ4n) is 1.27. The molecular weight excluding hydrogens is 393 g/mol. The standard InChI is InChI=1S/2C6H5.HI.Sb/c2*1-2-4-6-5-3-1;;/h2*1-5H;1H;/q;;;+1/p-1. The van der Waals surface area contributed by atoms with Crippen molar-refractivity contribution in [2.75, 3.05) is 0 Å². The number of rotatable bonds is 2. The van der Waals surface area contributed by atoms with E-state index in [2.05, 4.69) is 79.2 Å². The van der Waals surface area contributed by atoms with Gasteiger partial charge < -0.3 is 0 Å². The van der Waals surface area contributed by atoms with Crippen LogP contribution in [0.2, 0.25) is 0 Å². The van der Waals surface area contributed by atoms with Gasteiger partial charge in [-0.2, -0.15) is 0 Å². The quantitative estimate of drug-likeness (QED) is 0.534. The van der Waals surface area contributed by atoms with Crippen LogP contribution in [0.3, 0.4) is 0 Å². The summed E-state index contributed by atoms with van der Waals surface area (Å²) < 4.78 is 3.09. The Bertz CT molecular complexity index is 346. The summed E-state index contributed by atoms with van der Waals surface area (Å²) >= 11 is 1.26. The second-order valence-electron chi connectivity index (χ2n) is 2.95. The third-order valence-electron chi connectivity index (χ3n) is 1.97. The van der Waals surface area contributed by atoms with Crippen LogP contribution in [0.25, 0.3) is 0 Å². The van der Waals surface area contributed by atoms with Crippen molar-refractivity contribution in [2.45, 2.75) is 0 Å². The monoisotopic (exact) mass is 402 g/mol. The van der Waals surface area contributed by atoms with E-state index in [1.165, 1.54) is 0 Å². The number of benzene rings is 2. The Kier molecular flexibility index (Phi) is 3.88. The maximum absolute atomic E-state index is 2.66. The summed E-state index contributed by atoms with van der Waals surface area (Å²) in [7, 11) is 0. The fraction of sp³-hybridized carbons (Fsp3) is 0. The van der Waals surface area contributed by atoms with Gasteiger partial charge in [-0.05, 0) is 0 Å². The van der Waals surface area contributed by atoms with Gasteiger partial charge >= 0.3 is 102 Å². The molecule has 0 nitrogen and oxygen atoms in total. The van der Waals surface area contributed by atoms with Crippen molar-refractivity contribution in [1.29, 1.82) is 0 Å². The van der Waals surface area contributed by atoms with Gasteiger partial charge in [0.15, 0.2) is 0 Å². The van der Waals surface area contributed by atoms with Crippen LogP contribution < -0.4 is 7.02 Å². The molecule has 0 aliphatic heterocycles. The van der Waals surface area contributed by atoms with E-state index in [-0.39, 0.29) is 0 Å². The molecule has 0 unspecified atom stereocenters. The summed E-state index contributed by atoms with van der Waals surface area (Å²) in [5.41, 5.74) is 0. The van der Waals surface area contributed by atoms with E-state index in [1.54, 1.807) is 7.02 Å². The molecule has 0 heterocycles. The van der Waals surface area contributed by atoms with Crippen molar-refractivity contribution in [1.82, 2.24) is 0 Å². The van der Waals surface area contributed by atoms with Gasteiger partial charge in [-0.15, -0.1) is 0 Å². The van der Waals surface area contributed by atoms with E-state index in [0.717, 1.165) is 0 Å². The third kappa shape index (κ3) is 2.52. The maximum atomic E-state index is 2.66. The van der Waals surface area contributed by atoms with Crippen LogP contribution in [0.15, 0.2) is 60.7 Å². The first kappa shape index (κ1) is 10.5. The van der Waals surface area contributed by atoms with E-state index in [9.17, 15) is 0 Å². The Morgan fingerprint density at radius 1 is 0.643 bits per heavy atom. The van der Waals surface area contributed by atoms with Crippen LogP contribution >= 0.6 is 18.5 Å². The zero-order valence-electron chi connectivity index (χ0n) is 7.60. The van der Waals surface area contributed by atoms with Crippen molar-refractivity contribution in [3.8, 4) is 0 Å². The van der Waals surface area contributed by atoms with Crippen LogP contribution in [-0.4, -0.2) is 16.2 Å². The summed E-state index contributed by atoms with van der Waals surface area (Å²) in [4.78, 5) is 0. The third-order valence-corrected chi connectivity index (χ3v) is 13.7. The van der Waals surface area contributed by atoms with Crippen molar-refractivity contribution in [3.63, 3.8) is 0 Å². The topological polar surface area (TPSA) is 0 Å². The van der Waals surface area contributed by atoms with Crippen LogP contribution in [0.1, 0.15) is 0 Å². The van der Waals surface area contributed by atoms with Gasteiger partial charge in [-0.1, -0.05) is 0 Å². The van der Waals surface area contributed by atoms with Crippen LogP contribution in [-0.2, 0) is 0 Å². The van der Waals surface area contributed by atoms with Gasteiger partial charge in [0, 0.05) is 0 Å². The first-order chi connectivity index (χ1) is 6.88. The molecule has 2 aromatic rings. The van der Waals surface area contributed by atoms with Crippen LogP contribution in [0.4, 0.5) is 0 Å². The molecule has 14 heavy (non-hydrogen) atoms. The predicted molar refractivity (Wildman–Crippen MR) is 71.9 cm³/mol. The molecule has 2 rings (SSSR count). The van der Waals surface area contributed by atoms with E-state index in [4.69, 9.17) is 0 Å². The van der Waals surface area contributed by atoms with E-state index < -0.39 is 16.2 Å². The molecule has 0 fully saturated rings. The van der Waals surface area contributed by atoms with Crippen molar-refractivity contribution < 1.29 is 0 Å². The second-order valence-corrected chi connectivity index (χ2v) is 14.0.